The molecular formula is C11H12IN3O3. The molecular weight excluding hydrogens is 349 g/mol. The SMILES string of the molecule is O=C(O)N[C@@H]1CCCN(c2ccc(I)nc2)C1=O. The minimum atomic E-state index is -1.17. The molecule has 96 valence electrons. The molecule has 2 amide bonds. The number of piperidine rings is 1. The maximum atomic E-state index is 12.1. The molecule has 0 saturated carbocycles. The number of anilines is 1. The van der Waals surface area contributed by atoms with Gasteiger partial charge in [-0.3, -0.25) is 4.79 Å². The molecule has 1 aliphatic rings. The highest BCUT2D eigenvalue weighted by atomic mass is 127. The van der Waals surface area contributed by atoms with Crippen LogP contribution in [0.3, 0.4) is 0 Å². The van der Waals surface area contributed by atoms with Crippen LogP contribution in [-0.4, -0.2) is 34.7 Å². The third-order valence-corrected chi connectivity index (χ3v) is 3.40. The molecule has 0 spiro atoms. The Bertz CT molecular complexity index is 463. The molecule has 1 aromatic rings. The van der Waals surface area contributed by atoms with Crippen LogP contribution in [0.2, 0.25) is 0 Å². The first-order chi connectivity index (χ1) is 8.58. The number of halogens is 1. The summed E-state index contributed by atoms with van der Waals surface area (Å²) >= 11 is 2.09. The zero-order valence-corrected chi connectivity index (χ0v) is 11.6. The minimum Gasteiger partial charge on any atom is -0.465 e. The lowest BCUT2D eigenvalue weighted by Gasteiger charge is -2.31. The second kappa shape index (κ2) is 5.51. The highest BCUT2D eigenvalue weighted by Gasteiger charge is 2.30. The van der Waals surface area contributed by atoms with Crippen molar-refractivity contribution < 1.29 is 14.7 Å². The van der Waals surface area contributed by atoms with Gasteiger partial charge in [-0.15, -0.1) is 0 Å². The number of hydrogen-bond donors (Lipinski definition) is 2. The van der Waals surface area contributed by atoms with E-state index in [4.69, 9.17) is 5.11 Å². The van der Waals surface area contributed by atoms with Gasteiger partial charge < -0.3 is 15.3 Å². The second-order valence-electron chi connectivity index (χ2n) is 3.97. The van der Waals surface area contributed by atoms with E-state index in [1.165, 1.54) is 0 Å². The first-order valence-electron chi connectivity index (χ1n) is 5.50. The molecule has 1 atom stereocenters. The third-order valence-electron chi connectivity index (χ3n) is 2.76. The van der Waals surface area contributed by atoms with Crippen molar-refractivity contribution in [2.45, 2.75) is 18.9 Å². The quantitative estimate of drug-likeness (QED) is 0.617. The van der Waals surface area contributed by atoms with E-state index in [1.54, 1.807) is 11.1 Å². The van der Waals surface area contributed by atoms with Crippen LogP contribution in [-0.2, 0) is 4.79 Å². The molecule has 1 aromatic heterocycles. The lowest BCUT2D eigenvalue weighted by molar-refractivity contribution is -0.121. The summed E-state index contributed by atoms with van der Waals surface area (Å²) in [4.78, 5) is 28.4. The maximum absolute atomic E-state index is 12.1. The number of carbonyl (C=O) groups is 2. The number of hydrogen-bond acceptors (Lipinski definition) is 3. The highest BCUT2D eigenvalue weighted by Crippen LogP contribution is 2.20. The Morgan fingerprint density at radius 1 is 1.56 bits per heavy atom. The monoisotopic (exact) mass is 361 g/mol. The van der Waals surface area contributed by atoms with Crippen molar-refractivity contribution in [3.63, 3.8) is 0 Å². The number of carboxylic acid groups (broad SMARTS) is 1. The molecule has 0 bridgehead atoms. The first-order valence-corrected chi connectivity index (χ1v) is 6.58. The van der Waals surface area contributed by atoms with Crippen LogP contribution in [0.15, 0.2) is 18.3 Å². The molecule has 2 N–H and O–H groups in total. The number of aromatic nitrogens is 1. The van der Waals surface area contributed by atoms with E-state index in [0.717, 1.165) is 10.1 Å². The molecule has 0 unspecified atom stereocenters. The van der Waals surface area contributed by atoms with Gasteiger partial charge in [0, 0.05) is 6.54 Å². The molecule has 6 nitrogen and oxygen atoms in total. The molecule has 0 radical (unpaired) electrons. The van der Waals surface area contributed by atoms with Crippen molar-refractivity contribution in [3.05, 3.63) is 22.0 Å². The van der Waals surface area contributed by atoms with E-state index in [9.17, 15) is 9.59 Å². The molecule has 2 heterocycles. The largest absolute Gasteiger partial charge is 0.465 e. The smallest absolute Gasteiger partial charge is 0.405 e. The standard InChI is InChI=1S/C11H12IN3O3/c12-9-4-3-7(6-13-9)15-5-1-2-8(10(15)16)14-11(17)18/h3-4,6,8,14H,1-2,5H2,(H,17,18)/t8-/m1/s1. The first kappa shape index (κ1) is 13.1. The summed E-state index contributed by atoms with van der Waals surface area (Å²) in [5.41, 5.74) is 0.706. The fourth-order valence-corrected chi connectivity index (χ4v) is 2.26. The molecule has 18 heavy (non-hydrogen) atoms. The lowest BCUT2D eigenvalue weighted by Crippen LogP contribution is -2.52. The van der Waals surface area contributed by atoms with Gasteiger partial charge in [0.2, 0.25) is 5.91 Å². The fraction of sp³-hybridized carbons (Fsp3) is 0.364. The van der Waals surface area contributed by atoms with Crippen molar-refractivity contribution in [2.75, 3.05) is 11.4 Å². The molecule has 2 rings (SSSR count). The average Bonchev–Trinajstić information content (AvgIpc) is 2.33. The van der Waals surface area contributed by atoms with Crippen molar-refractivity contribution in [1.29, 1.82) is 0 Å². The summed E-state index contributed by atoms with van der Waals surface area (Å²) in [6.45, 7) is 0.596. The van der Waals surface area contributed by atoms with E-state index in [2.05, 4.69) is 32.9 Å². The van der Waals surface area contributed by atoms with Gasteiger partial charge in [0.25, 0.3) is 0 Å². The van der Waals surface area contributed by atoms with Crippen LogP contribution in [0, 0.1) is 3.70 Å². The summed E-state index contributed by atoms with van der Waals surface area (Å²) in [5, 5.41) is 10.9. The number of rotatable bonds is 2. The van der Waals surface area contributed by atoms with Gasteiger partial charge in [0.15, 0.2) is 0 Å². The van der Waals surface area contributed by atoms with Gasteiger partial charge in [-0.1, -0.05) is 0 Å². The second-order valence-corrected chi connectivity index (χ2v) is 5.08. The number of nitrogens with zero attached hydrogens (tertiary/aromatic N) is 2. The number of pyridine rings is 1. The van der Waals surface area contributed by atoms with Gasteiger partial charge in [0.05, 0.1) is 11.9 Å². The molecule has 7 heteroatoms. The Kier molecular flexibility index (Phi) is 4.00. The summed E-state index contributed by atoms with van der Waals surface area (Å²) in [5.74, 6) is -0.216. The average molecular weight is 361 g/mol. The van der Waals surface area contributed by atoms with Crippen LogP contribution < -0.4 is 10.2 Å². The van der Waals surface area contributed by atoms with Gasteiger partial charge in [0.1, 0.15) is 9.74 Å². The van der Waals surface area contributed by atoms with Crippen LogP contribution in [0.5, 0.6) is 0 Å². The van der Waals surface area contributed by atoms with Gasteiger partial charge in [-0.25, -0.2) is 9.78 Å². The van der Waals surface area contributed by atoms with Crippen molar-refractivity contribution in [1.82, 2.24) is 10.3 Å². The minimum absolute atomic E-state index is 0.216. The zero-order chi connectivity index (χ0) is 13.1. The van der Waals surface area contributed by atoms with Crippen molar-refractivity contribution >= 4 is 40.3 Å². The van der Waals surface area contributed by atoms with Crippen LogP contribution in [0.25, 0.3) is 0 Å². The molecule has 1 saturated heterocycles. The summed E-state index contributed by atoms with van der Waals surface area (Å²) in [7, 11) is 0. The van der Waals surface area contributed by atoms with Gasteiger partial charge in [-0.2, -0.15) is 0 Å². The molecule has 0 aromatic carbocycles. The predicted molar refractivity (Wildman–Crippen MR) is 73.5 cm³/mol. The zero-order valence-electron chi connectivity index (χ0n) is 9.47. The number of nitrogens with one attached hydrogen (secondary N) is 1. The van der Waals surface area contributed by atoms with Gasteiger partial charge in [-0.05, 0) is 47.6 Å². The van der Waals surface area contributed by atoms with E-state index < -0.39 is 12.1 Å². The predicted octanol–water partition coefficient (Wildman–Crippen LogP) is 1.45. The van der Waals surface area contributed by atoms with Crippen molar-refractivity contribution in [2.24, 2.45) is 0 Å². The van der Waals surface area contributed by atoms with Crippen LogP contribution in [0.1, 0.15) is 12.8 Å². The van der Waals surface area contributed by atoms with Crippen LogP contribution >= 0.6 is 22.6 Å². The number of amides is 2. The third kappa shape index (κ3) is 2.89. The van der Waals surface area contributed by atoms with Crippen LogP contribution in [0.4, 0.5) is 10.5 Å². The lowest BCUT2D eigenvalue weighted by atomic mass is 10.0. The highest BCUT2D eigenvalue weighted by molar-refractivity contribution is 14.1. The Labute approximate surface area is 118 Å². The van der Waals surface area contributed by atoms with E-state index in [-0.39, 0.29) is 5.91 Å². The number of carbonyl (C=O) groups excluding carboxylic acids is 1. The maximum Gasteiger partial charge on any atom is 0.405 e. The topological polar surface area (TPSA) is 82.5 Å². The Hall–Kier alpha value is -1.38. The molecule has 1 aliphatic heterocycles. The Morgan fingerprint density at radius 2 is 2.33 bits per heavy atom. The van der Waals surface area contributed by atoms with Gasteiger partial charge >= 0.3 is 6.09 Å². The Morgan fingerprint density at radius 3 is 2.94 bits per heavy atom. The summed E-state index contributed by atoms with van der Waals surface area (Å²) < 4.78 is 0.848. The summed E-state index contributed by atoms with van der Waals surface area (Å²) in [6.07, 6.45) is 1.77. The molecule has 1 fully saturated rings. The fourth-order valence-electron chi connectivity index (χ4n) is 1.94. The summed E-state index contributed by atoms with van der Waals surface area (Å²) in [6, 6.07) is 2.98. The van der Waals surface area contributed by atoms with E-state index >= 15 is 0 Å². The van der Waals surface area contributed by atoms with Crippen molar-refractivity contribution in [3.8, 4) is 0 Å². The van der Waals surface area contributed by atoms with E-state index in [1.807, 2.05) is 12.1 Å². The molecule has 0 aliphatic carbocycles. The Balaban J connectivity index is 2.15. The van der Waals surface area contributed by atoms with E-state index in [0.29, 0.717) is 18.7 Å². The normalized spacial score (nSPS) is 19.7.